The van der Waals surface area contributed by atoms with E-state index in [2.05, 4.69) is 0 Å². The number of ether oxygens (including phenoxy) is 1. The summed E-state index contributed by atoms with van der Waals surface area (Å²) in [5, 5.41) is 0. The second-order valence-electron chi connectivity index (χ2n) is 4.53. The normalized spacial score (nSPS) is 12.1. The van der Waals surface area contributed by atoms with Crippen molar-refractivity contribution in [1.29, 1.82) is 0 Å². The van der Waals surface area contributed by atoms with Crippen LogP contribution in [0.2, 0.25) is 0 Å². The van der Waals surface area contributed by atoms with Gasteiger partial charge in [0.25, 0.3) is 5.91 Å². The number of nitrogens with two attached hydrogens (primary N) is 1. The summed E-state index contributed by atoms with van der Waals surface area (Å²) >= 11 is 0. The zero-order chi connectivity index (χ0) is 13.7. The van der Waals surface area contributed by atoms with E-state index >= 15 is 0 Å². The Morgan fingerprint density at radius 3 is 2.72 bits per heavy atom. The summed E-state index contributed by atoms with van der Waals surface area (Å²) < 4.78 is 5.59. The van der Waals surface area contributed by atoms with Gasteiger partial charge in [-0.25, -0.2) is 0 Å². The standard InChI is InChI=1S/C14H22N2O2/c1-5-16(4)14(17)9-18-13-8-10(2)6-7-12(13)11(3)15/h6-8,11H,5,9,15H2,1-4H3/t11-/m0/s1. The van der Waals surface area contributed by atoms with Gasteiger partial charge >= 0.3 is 0 Å². The lowest BCUT2D eigenvalue weighted by Gasteiger charge is -2.17. The first-order valence-electron chi connectivity index (χ1n) is 6.18. The van der Waals surface area contributed by atoms with Crippen LogP contribution in [-0.2, 0) is 4.79 Å². The van der Waals surface area contributed by atoms with Crippen LogP contribution in [0.1, 0.15) is 31.0 Å². The first kappa shape index (κ1) is 14.5. The van der Waals surface area contributed by atoms with Gasteiger partial charge in [0.15, 0.2) is 6.61 Å². The van der Waals surface area contributed by atoms with Crippen LogP contribution in [0, 0.1) is 6.92 Å². The Hall–Kier alpha value is -1.55. The monoisotopic (exact) mass is 250 g/mol. The Labute approximate surface area is 109 Å². The minimum absolute atomic E-state index is 0.0327. The molecule has 0 aliphatic rings. The molecule has 2 N–H and O–H groups in total. The average molecular weight is 250 g/mol. The van der Waals surface area contributed by atoms with Gasteiger partial charge in [0.05, 0.1) is 0 Å². The summed E-state index contributed by atoms with van der Waals surface area (Å²) in [6, 6.07) is 5.74. The topological polar surface area (TPSA) is 55.6 Å². The van der Waals surface area contributed by atoms with Crippen LogP contribution in [0.25, 0.3) is 0 Å². The minimum Gasteiger partial charge on any atom is -0.483 e. The number of carbonyl (C=O) groups excluding carboxylic acids is 1. The van der Waals surface area contributed by atoms with Crippen molar-refractivity contribution in [1.82, 2.24) is 4.90 Å². The molecular weight excluding hydrogens is 228 g/mol. The number of nitrogens with zero attached hydrogens (tertiary/aromatic N) is 1. The van der Waals surface area contributed by atoms with E-state index in [0.717, 1.165) is 11.1 Å². The van der Waals surface area contributed by atoms with Crippen LogP contribution in [0.4, 0.5) is 0 Å². The molecule has 0 aliphatic heterocycles. The molecular formula is C14H22N2O2. The van der Waals surface area contributed by atoms with E-state index in [9.17, 15) is 4.79 Å². The summed E-state index contributed by atoms with van der Waals surface area (Å²) in [5.74, 6) is 0.664. The van der Waals surface area contributed by atoms with Crippen LogP contribution >= 0.6 is 0 Å². The number of hydrogen-bond acceptors (Lipinski definition) is 3. The van der Waals surface area contributed by atoms with E-state index in [1.165, 1.54) is 0 Å². The molecule has 0 spiro atoms. The number of aryl methyl sites for hydroxylation is 1. The predicted molar refractivity (Wildman–Crippen MR) is 72.6 cm³/mol. The highest BCUT2D eigenvalue weighted by Gasteiger charge is 2.12. The molecule has 1 atom stereocenters. The fraction of sp³-hybridized carbons (Fsp3) is 0.500. The van der Waals surface area contributed by atoms with Gasteiger partial charge < -0.3 is 15.4 Å². The Kier molecular flexibility index (Phi) is 5.16. The predicted octanol–water partition coefficient (Wildman–Crippen LogP) is 1.87. The zero-order valence-corrected chi connectivity index (χ0v) is 11.6. The van der Waals surface area contributed by atoms with Gasteiger partial charge in [0.2, 0.25) is 0 Å². The van der Waals surface area contributed by atoms with E-state index in [4.69, 9.17) is 10.5 Å². The van der Waals surface area contributed by atoms with Crippen LogP contribution in [0.3, 0.4) is 0 Å². The summed E-state index contributed by atoms with van der Waals surface area (Å²) in [6.45, 7) is 6.54. The molecule has 18 heavy (non-hydrogen) atoms. The number of likely N-dealkylation sites (N-methyl/N-ethyl adjacent to an activating group) is 1. The van der Waals surface area contributed by atoms with Crippen molar-refractivity contribution in [3.05, 3.63) is 29.3 Å². The van der Waals surface area contributed by atoms with E-state index in [-0.39, 0.29) is 18.6 Å². The van der Waals surface area contributed by atoms with Crippen molar-refractivity contribution >= 4 is 5.91 Å². The number of rotatable bonds is 5. The Bertz CT molecular complexity index is 416. The number of hydrogen-bond donors (Lipinski definition) is 1. The molecule has 0 radical (unpaired) electrons. The first-order chi connectivity index (χ1) is 8.45. The number of carbonyl (C=O) groups is 1. The summed E-state index contributed by atoms with van der Waals surface area (Å²) in [5.41, 5.74) is 7.89. The van der Waals surface area contributed by atoms with Crippen LogP contribution in [-0.4, -0.2) is 31.0 Å². The quantitative estimate of drug-likeness (QED) is 0.868. The maximum atomic E-state index is 11.7. The third kappa shape index (κ3) is 3.74. The van der Waals surface area contributed by atoms with Gasteiger partial charge in [0, 0.05) is 25.2 Å². The van der Waals surface area contributed by atoms with Gasteiger partial charge in [-0.1, -0.05) is 12.1 Å². The molecule has 0 unspecified atom stereocenters. The molecule has 1 aromatic rings. The minimum atomic E-state index is -0.111. The fourth-order valence-electron chi connectivity index (χ4n) is 1.57. The molecule has 1 aromatic carbocycles. The molecule has 0 bridgehead atoms. The molecule has 0 heterocycles. The third-order valence-corrected chi connectivity index (χ3v) is 2.91. The van der Waals surface area contributed by atoms with Gasteiger partial charge in [-0.15, -0.1) is 0 Å². The van der Waals surface area contributed by atoms with Crippen molar-refractivity contribution in [3.63, 3.8) is 0 Å². The maximum absolute atomic E-state index is 11.7. The molecule has 100 valence electrons. The average Bonchev–Trinajstić information content (AvgIpc) is 2.34. The largest absolute Gasteiger partial charge is 0.483 e. The summed E-state index contributed by atoms with van der Waals surface area (Å²) in [7, 11) is 1.76. The van der Waals surface area contributed by atoms with Crippen LogP contribution < -0.4 is 10.5 Å². The zero-order valence-electron chi connectivity index (χ0n) is 11.6. The highest BCUT2D eigenvalue weighted by Crippen LogP contribution is 2.25. The van der Waals surface area contributed by atoms with Gasteiger partial charge in [0.1, 0.15) is 5.75 Å². The van der Waals surface area contributed by atoms with Gasteiger partial charge in [-0.2, -0.15) is 0 Å². The molecule has 1 amide bonds. The first-order valence-corrected chi connectivity index (χ1v) is 6.18. The molecule has 0 aliphatic carbocycles. The molecule has 0 aromatic heterocycles. The molecule has 4 nitrogen and oxygen atoms in total. The Morgan fingerprint density at radius 1 is 1.50 bits per heavy atom. The van der Waals surface area contributed by atoms with E-state index < -0.39 is 0 Å². The third-order valence-electron chi connectivity index (χ3n) is 2.91. The van der Waals surface area contributed by atoms with E-state index in [1.807, 2.05) is 39.0 Å². The van der Waals surface area contributed by atoms with Gasteiger partial charge in [-0.3, -0.25) is 4.79 Å². The van der Waals surface area contributed by atoms with Crippen molar-refractivity contribution in [2.24, 2.45) is 5.73 Å². The molecule has 0 fully saturated rings. The Morgan fingerprint density at radius 2 is 2.17 bits per heavy atom. The molecule has 1 rings (SSSR count). The van der Waals surface area contributed by atoms with Crippen molar-refractivity contribution in [3.8, 4) is 5.75 Å². The molecule has 0 saturated carbocycles. The van der Waals surface area contributed by atoms with Crippen LogP contribution in [0.15, 0.2) is 18.2 Å². The number of benzene rings is 1. The molecule has 0 saturated heterocycles. The smallest absolute Gasteiger partial charge is 0.260 e. The highest BCUT2D eigenvalue weighted by atomic mass is 16.5. The van der Waals surface area contributed by atoms with E-state index in [1.54, 1.807) is 11.9 Å². The summed E-state index contributed by atoms with van der Waals surface area (Å²) in [6.07, 6.45) is 0. The van der Waals surface area contributed by atoms with Gasteiger partial charge in [-0.05, 0) is 32.4 Å². The maximum Gasteiger partial charge on any atom is 0.260 e. The van der Waals surface area contributed by atoms with E-state index in [0.29, 0.717) is 12.3 Å². The van der Waals surface area contributed by atoms with Crippen molar-refractivity contribution in [2.45, 2.75) is 26.8 Å². The second kappa shape index (κ2) is 6.40. The lowest BCUT2D eigenvalue weighted by Crippen LogP contribution is -2.31. The second-order valence-corrected chi connectivity index (χ2v) is 4.53. The summed E-state index contributed by atoms with van der Waals surface area (Å²) in [4.78, 5) is 13.3. The molecule has 4 heteroatoms. The Balaban J connectivity index is 2.77. The lowest BCUT2D eigenvalue weighted by atomic mass is 10.1. The van der Waals surface area contributed by atoms with Crippen molar-refractivity contribution < 1.29 is 9.53 Å². The van der Waals surface area contributed by atoms with Crippen molar-refractivity contribution in [2.75, 3.05) is 20.2 Å². The SMILES string of the molecule is CCN(C)C(=O)COc1cc(C)ccc1[C@H](C)N. The highest BCUT2D eigenvalue weighted by molar-refractivity contribution is 5.77. The number of amides is 1. The van der Waals surface area contributed by atoms with Crippen LogP contribution in [0.5, 0.6) is 5.75 Å². The lowest BCUT2D eigenvalue weighted by molar-refractivity contribution is -0.131. The fourth-order valence-corrected chi connectivity index (χ4v) is 1.57.